The highest BCUT2D eigenvalue weighted by atomic mass is 127. The number of hydrogen-bond donors (Lipinski definition) is 1. The number of halogens is 2. The lowest BCUT2D eigenvalue weighted by Crippen LogP contribution is -2.25. The highest BCUT2D eigenvalue weighted by molar-refractivity contribution is 14.1. The molecule has 4 heteroatoms. The van der Waals surface area contributed by atoms with Crippen molar-refractivity contribution in [1.82, 2.24) is 5.32 Å². The summed E-state index contributed by atoms with van der Waals surface area (Å²) in [6, 6.07) is 2.78. The maximum absolute atomic E-state index is 5.77. The lowest BCUT2D eigenvalue weighted by molar-refractivity contribution is 0.484. The van der Waals surface area contributed by atoms with E-state index in [1.54, 1.807) is 4.88 Å². The molecule has 0 aliphatic heterocycles. The molecule has 1 nitrogen and oxygen atoms in total. The number of rotatable bonds is 3. The van der Waals surface area contributed by atoms with Gasteiger partial charge in [0.2, 0.25) is 0 Å². The fourth-order valence-corrected chi connectivity index (χ4v) is 4.16. The molecule has 0 spiro atoms. The molecular formula is C11H13ClINS. The molecule has 1 aromatic rings. The largest absolute Gasteiger partial charge is 0.305 e. The van der Waals surface area contributed by atoms with Crippen LogP contribution in [0.3, 0.4) is 0 Å². The summed E-state index contributed by atoms with van der Waals surface area (Å²) in [7, 11) is 0. The standard InChI is InChI=1S/C11H13ClINS/c1-7(12)6-14-9-3-2-4-10-8(9)5-11(13)15-10/h5,9,14H,1-4,6H2. The number of aryl methyl sites for hydroxylation is 1. The Bertz CT molecular complexity index is 375. The highest BCUT2D eigenvalue weighted by Crippen LogP contribution is 2.36. The molecule has 0 saturated heterocycles. The maximum Gasteiger partial charge on any atom is 0.0659 e. The number of fused-ring (bicyclic) bond motifs is 1. The molecule has 2 rings (SSSR count). The Morgan fingerprint density at radius 2 is 2.53 bits per heavy atom. The van der Waals surface area contributed by atoms with Crippen molar-refractivity contribution >= 4 is 45.5 Å². The van der Waals surface area contributed by atoms with Gasteiger partial charge in [0.25, 0.3) is 0 Å². The Balaban J connectivity index is 2.11. The average Bonchev–Trinajstić information content (AvgIpc) is 2.55. The van der Waals surface area contributed by atoms with Crippen molar-refractivity contribution < 1.29 is 0 Å². The van der Waals surface area contributed by atoms with Crippen LogP contribution in [-0.4, -0.2) is 6.54 Å². The minimum absolute atomic E-state index is 0.476. The van der Waals surface area contributed by atoms with Crippen molar-refractivity contribution in [3.8, 4) is 0 Å². The van der Waals surface area contributed by atoms with Crippen LogP contribution in [0.5, 0.6) is 0 Å². The van der Waals surface area contributed by atoms with Crippen LogP contribution in [0.15, 0.2) is 17.7 Å². The molecule has 1 atom stereocenters. The van der Waals surface area contributed by atoms with E-state index < -0.39 is 0 Å². The monoisotopic (exact) mass is 353 g/mol. The van der Waals surface area contributed by atoms with Crippen LogP contribution in [0.1, 0.15) is 29.3 Å². The molecule has 0 saturated carbocycles. The topological polar surface area (TPSA) is 12.0 Å². The Morgan fingerprint density at radius 1 is 1.73 bits per heavy atom. The van der Waals surface area contributed by atoms with Crippen molar-refractivity contribution in [2.24, 2.45) is 0 Å². The molecule has 0 radical (unpaired) electrons. The zero-order valence-electron chi connectivity index (χ0n) is 8.35. The minimum Gasteiger partial charge on any atom is -0.305 e. The van der Waals surface area contributed by atoms with E-state index in [0.717, 1.165) is 0 Å². The third-order valence-corrected chi connectivity index (χ3v) is 4.73. The van der Waals surface area contributed by atoms with Gasteiger partial charge in [-0.15, -0.1) is 11.3 Å². The van der Waals surface area contributed by atoms with Gasteiger partial charge in [-0.2, -0.15) is 0 Å². The molecule has 1 aliphatic carbocycles. The summed E-state index contributed by atoms with van der Waals surface area (Å²) in [5, 5.41) is 4.15. The van der Waals surface area contributed by atoms with Crippen LogP contribution < -0.4 is 5.32 Å². The van der Waals surface area contributed by atoms with Crippen LogP contribution in [-0.2, 0) is 6.42 Å². The van der Waals surface area contributed by atoms with Crippen LogP contribution in [0, 0.1) is 2.88 Å². The third kappa shape index (κ3) is 2.96. The summed E-state index contributed by atoms with van der Waals surface area (Å²) in [5.41, 5.74) is 1.48. The summed E-state index contributed by atoms with van der Waals surface area (Å²) in [6.45, 7) is 4.41. The fourth-order valence-electron chi connectivity index (χ4n) is 1.97. The summed E-state index contributed by atoms with van der Waals surface area (Å²) >= 11 is 10.1. The molecule has 0 amide bonds. The van der Waals surface area contributed by atoms with Gasteiger partial charge in [0, 0.05) is 22.5 Å². The van der Waals surface area contributed by atoms with E-state index in [0.29, 0.717) is 17.6 Å². The minimum atomic E-state index is 0.476. The van der Waals surface area contributed by atoms with Gasteiger partial charge in [-0.05, 0) is 53.5 Å². The van der Waals surface area contributed by atoms with Gasteiger partial charge in [0.1, 0.15) is 0 Å². The van der Waals surface area contributed by atoms with Crippen LogP contribution in [0.4, 0.5) is 0 Å². The highest BCUT2D eigenvalue weighted by Gasteiger charge is 2.21. The molecule has 1 N–H and O–H groups in total. The molecule has 15 heavy (non-hydrogen) atoms. The molecule has 1 aromatic heterocycles. The van der Waals surface area contributed by atoms with Crippen molar-refractivity contribution in [2.75, 3.05) is 6.54 Å². The molecular weight excluding hydrogens is 341 g/mol. The van der Waals surface area contributed by atoms with E-state index >= 15 is 0 Å². The second-order valence-corrected chi connectivity index (χ2v) is 7.34. The zero-order chi connectivity index (χ0) is 10.8. The van der Waals surface area contributed by atoms with Crippen molar-refractivity contribution in [2.45, 2.75) is 25.3 Å². The molecule has 0 fully saturated rings. The quantitative estimate of drug-likeness (QED) is 0.808. The second-order valence-electron chi connectivity index (χ2n) is 3.77. The first-order valence-electron chi connectivity index (χ1n) is 5.01. The van der Waals surface area contributed by atoms with Crippen molar-refractivity contribution in [3.63, 3.8) is 0 Å². The molecule has 0 aromatic carbocycles. The smallest absolute Gasteiger partial charge is 0.0659 e. The molecule has 1 aliphatic rings. The van der Waals surface area contributed by atoms with E-state index in [9.17, 15) is 0 Å². The Morgan fingerprint density at radius 3 is 3.27 bits per heavy atom. The lowest BCUT2D eigenvalue weighted by Gasteiger charge is -2.23. The van der Waals surface area contributed by atoms with Gasteiger partial charge in [0.05, 0.1) is 2.88 Å². The second kappa shape index (κ2) is 5.17. The zero-order valence-corrected chi connectivity index (χ0v) is 12.1. The van der Waals surface area contributed by atoms with E-state index in [2.05, 4.69) is 40.6 Å². The van der Waals surface area contributed by atoms with Gasteiger partial charge in [0.15, 0.2) is 0 Å². The maximum atomic E-state index is 5.77. The van der Waals surface area contributed by atoms with Crippen molar-refractivity contribution in [3.05, 3.63) is 31.0 Å². The average molecular weight is 354 g/mol. The summed E-state index contributed by atoms with van der Waals surface area (Å²) in [4.78, 5) is 1.54. The molecule has 82 valence electrons. The molecule has 0 bridgehead atoms. The van der Waals surface area contributed by atoms with E-state index in [4.69, 9.17) is 11.6 Å². The third-order valence-electron chi connectivity index (χ3n) is 2.62. The van der Waals surface area contributed by atoms with E-state index in [1.165, 1.54) is 27.7 Å². The van der Waals surface area contributed by atoms with Gasteiger partial charge in [-0.1, -0.05) is 18.2 Å². The van der Waals surface area contributed by atoms with Gasteiger partial charge in [-0.3, -0.25) is 0 Å². The van der Waals surface area contributed by atoms with Crippen LogP contribution >= 0.6 is 45.5 Å². The van der Waals surface area contributed by atoms with Crippen LogP contribution in [0.2, 0.25) is 0 Å². The SMILES string of the molecule is C=C(Cl)CNC1CCCc2sc(I)cc21. The first kappa shape index (κ1) is 11.9. The predicted octanol–water partition coefficient (Wildman–Crippen LogP) is 4.07. The predicted molar refractivity (Wildman–Crippen MR) is 75.7 cm³/mol. The summed E-state index contributed by atoms with van der Waals surface area (Å²) < 4.78 is 1.39. The summed E-state index contributed by atoms with van der Waals surface area (Å²) in [6.07, 6.45) is 3.73. The Hall–Kier alpha value is 0.420. The number of nitrogens with one attached hydrogen (secondary N) is 1. The Kier molecular flexibility index (Phi) is 4.10. The van der Waals surface area contributed by atoms with Crippen molar-refractivity contribution in [1.29, 1.82) is 0 Å². The first-order valence-corrected chi connectivity index (χ1v) is 7.29. The first-order chi connectivity index (χ1) is 7.16. The fraction of sp³-hybridized carbons (Fsp3) is 0.455. The Labute approximate surface area is 113 Å². The lowest BCUT2D eigenvalue weighted by atomic mass is 9.94. The van der Waals surface area contributed by atoms with Gasteiger partial charge in [-0.25, -0.2) is 0 Å². The van der Waals surface area contributed by atoms with E-state index in [-0.39, 0.29) is 0 Å². The summed E-state index contributed by atoms with van der Waals surface area (Å²) in [5.74, 6) is 0. The normalized spacial score (nSPS) is 20.0. The van der Waals surface area contributed by atoms with Gasteiger partial charge < -0.3 is 5.32 Å². The van der Waals surface area contributed by atoms with Crippen LogP contribution in [0.25, 0.3) is 0 Å². The molecule has 1 unspecified atom stereocenters. The molecule has 1 heterocycles. The number of hydrogen-bond acceptors (Lipinski definition) is 2. The van der Waals surface area contributed by atoms with Gasteiger partial charge >= 0.3 is 0 Å². The van der Waals surface area contributed by atoms with E-state index in [1.807, 2.05) is 11.3 Å². The number of thiophene rings is 1.